The molecule has 6 nitrogen and oxygen atoms in total. The van der Waals surface area contributed by atoms with Crippen LogP contribution in [0.4, 0.5) is 24.5 Å². The number of alkyl halides is 3. The first-order chi connectivity index (χ1) is 14.6. The fraction of sp³-hybridized carbons (Fsp3) is 0.0952. The summed E-state index contributed by atoms with van der Waals surface area (Å²) in [7, 11) is -2.44. The number of hydrazine groups is 1. The van der Waals surface area contributed by atoms with Crippen LogP contribution in [0.3, 0.4) is 0 Å². The Bertz CT molecular complexity index is 1170. The van der Waals surface area contributed by atoms with Gasteiger partial charge in [0, 0.05) is 12.6 Å². The summed E-state index contributed by atoms with van der Waals surface area (Å²) in [6.45, 7) is 0. The molecule has 3 rings (SSSR count). The van der Waals surface area contributed by atoms with Crippen LogP contribution in [-0.4, -0.2) is 21.4 Å². The van der Waals surface area contributed by atoms with E-state index in [1.54, 1.807) is 30.3 Å². The number of sulfonamides is 1. The smallest absolute Gasteiger partial charge is 0.298 e. The molecule has 162 valence electrons. The van der Waals surface area contributed by atoms with Crippen molar-refractivity contribution >= 4 is 27.3 Å². The molecule has 0 saturated carbocycles. The molecular weight excluding hydrogens is 431 g/mol. The molecule has 2 N–H and O–H groups in total. The number of benzene rings is 3. The molecule has 0 spiro atoms. The lowest BCUT2D eigenvalue weighted by atomic mass is 10.2. The van der Waals surface area contributed by atoms with Crippen molar-refractivity contribution in [3.63, 3.8) is 0 Å². The Hall–Kier alpha value is -3.53. The number of hydrogen-bond donors (Lipinski definition) is 2. The molecule has 0 radical (unpaired) electrons. The van der Waals surface area contributed by atoms with Crippen molar-refractivity contribution in [1.82, 2.24) is 5.43 Å². The fourth-order valence-corrected chi connectivity index (χ4v) is 3.94. The Kier molecular flexibility index (Phi) is 6.21. The quantitative estimate of drug-likeness (QED) is 0.551. The molecule has 0 fully saturated rings. The van der Waals surface area contributed by atoms with Gasteiger partial charge in [-0.3, -0.25) is 20.0 Å². The first kappa shape index (κ1) is 22.2. The van der Waals surface area contributed by atoms with Gasteiger partial charge < -0.3 is 0 Å². The van der Waals surface area contributed by atoms with Crippen LogP contribution in [0.2, 0.25) is 0 Å². The second kappa shape index (κ2) is 8.68. The molecule has 0 heterocycles. The van der Waals surface area contributed by atoms with Crippen molar-refractivity contribution in [3.8, 4) is 0 Å². The van der Waals surface area contributed by atoms with Gasteiger partial charge in [-0.2, -0.15) is 13.2 Å². The summed E-state index contributed by atoms with van der Waals surface area (Å²) in [4.78, 5) is 12.2. The van der Waals surface area contributed by atoms with Crippen molar-refractivity contribution in [3.05, 3.63) is 90.0 Å². The van der Waals surface area contributed by atoms with E-state index in [2.05, 4.69) is 10.9 Å². The monoisotopic (exact) mass is 449 g/mol. The first-order valence-corrected chi connectivity index (χ1v) is 10.4. The van der Waals surface area contributed by atoms with Gasteiger partial charge in [-0.25, -0.2) is 8.42 Å². The number of amides is 1. The van der Waals surface area contributed by atoms with Gasteiger partial charge in [0.1, 0.15) is 0 Å². The highest BCUT2D eigenvalue weighted by atomic mass is 32.2. The molecule has 0 aliphatic rings. The second-order valence-electron chi connectivity index (χ2n) is 6.45. The van der Waals surface area contributed by atoms with E-state index < -0.39 is 27.7 Å². The van der Waals surface area contributed by atoms with Crippen LogP contribution in [0, 0.1) is 0 Å². The molecule has 1 amide bonds. The summed E-state index contributed by atoms with van der Waals surface area (Å²) in [6.07, 6.45) is -4.59. The van der Waals surface area contributed by atoms with E-state index >= 15 is 0 Å². The third-order valence-electron chi connectivity index (χ3n) is 4.44. The fourth-order valence-electron chi connectivity index (χ4n) is 2.75. The summed E-state index contributed by atoms with van der Waals surface area (Å²) in [5.74, 6) is -0.725. The highest BCUT2D eigenvalue weighted by Crippen LogP contribution is 2.34. The van der Waals surface area contributed by atoms with Gasteiger partial charge in [0.05, 0.1) is 21.8 Å². The number of nitrogens with zero attached hydrogens (tertiary/aromatic N) is 1. The molecule has 3 aromatic rings. The molecule has 10 heteroatoms. The van der Waals surface area contributed by atoms with Gasteiger partial charge in [-0.1, -0.05) is 30.3 Å². The first-order valence-electron chi connectivity index (χ1n) is 8.97. The van der Waals surface area contributed by atoms with Crippen molar-refractivity contribution in [2.45, 2.75) is 11.1 Å². The van der Waals surface area contributed by atoms with Crippen LogP contribution < -0.4 is 15.2 Å². The summed E-state index contributed by atoms with van der Waals surface area (Å²) in [6, 6.07) is 18.2. The van der Waals surface area contributed by atoms with E-state index in [0.29, 0.717) is 5.69 Å². The lowest BCUT2D eigenvalue weighted by Gasteiger charge is -2.19. The minimum Gasteiger partial charge on any atom is -0.298 e. The summed E-state index contributed by atoms with van der Waals surface area (Å²) < 4.78 is 65.7. The molecule has 31 heavy (non-hydrogen) atoms. The number of nitrogens with one attached hydrogen (secondary N) is 2. The number of carbonyl (C=O) groups excluding carboxylic acids is 1. The topological polar surface area (TPSA) is 78.5 Å². The average molecular weight is 449 g/mol. The molecule has 0 bridgehead atoms. The average Bonchev–Trinajstić information content (AvgIpc) is 2.77. The van der Waals surface area contributed by atoms with Crippen LogP contribution in [-0.2, 0) is 16.2 Å². The predicted octanol–water partition coefficient (Wildman–Crippen LogP) is 4.29. The van der Waals surface area contributed by atoms with Gasteiger partial charge in [0.2, 0.25) is 0 Å². The Labute approximate surface area is 177 Å². The van der Waals surface area contributed by atoms with E-state index in [4.69, 9.17) is 0 Å². The maximum Gasteiger partial charge on any atom is 0.418 e. The molecule has 3 aromatic carbocycles. The lowest BCUT2D eigenvalue weighted by molar-refractivity contribution is -0.137. The van der Waals surface area contributed by atoms with Crippen LogP contribution >= 0.6 is 0 Å². The van der Waals surface area contributed by atoms with E-state index in [1.165, 1.54) is 49.5 Å². The van der Waals surface area contributed by atoms with Gasteiger partial charge in [-0.15, -0.1) is 0 Å². The van der Waals surface area contributed by atoms with E-state index in [-0.39, 0.29) is 16.1 Å². The number of hydrogen-bond acceptors (Lipinski definition) is 4. The number of para-hydroxylation sites is 2. The minimum absolute atomic E-state index is 0.0363. The highest BCUT2D eigenvalue weighted by Gasteiger charge is 2.33. The zero-order valence-electron chi connectivity index (χ0n) is 16.2. The molecule has 0 atom stereocenters. The summed E-state index contributed by atoms with van der Waals surface area (Å²) in [5.41, 5.74) is 3.74. The zero-order valence-corrected chi connectivity index (χ0v) is 17.0. The van der Waals surface area contributed by atoms with Gasteiger partial charge in [-0.05, 0) is 48.5 Å². The largest absolute Gasteiger partial charge is 0.418 e. The molecule has 0 aromatic heterocycles. The maximum atomic E-state index is 13.0. The Morgan fingerprint density at radius 3 is 2.06 bits per heavy atom. The van der Waals surface area contributed by atoms with Gasteiger partial charge in [0.25, 0.3) is 15.9 Å². The standard InChI is InChI=1S/C21H18F3N3O3S/c1-27(16-7-3-2-4-8-16)31(29,30)17-13-11-15(12-14-17)20(28)26-25-19-10-6-5-9-18(19)21(22,23)24/h2-14,25H,1H3,(H,26,28). The van der Waals surface area contributed by atoms with Crippen molar-refractivity contribution in [2.24, 2.45) is 0 Å². The minimum atomic E-state index is -4.59. The number of anilines is 2. The van der Waals surface area contributed by atoms with Crippen molar-refractivity contribution in [2.75, 3.05) is 16.8 Å². The Balaban J connectivity index is 1.73. The van der Waals surface area contributed by atoms with Gasteiger partial charge in [0.15, 0.2) is 0 Å². The van der Waals surface area contributed by atoms with Gasteiger partial charge >= 0.3 is 6.18 Å². The van der Waals surface area contributed by atoms with Crippen molar-refractivity contribution in [1.29, 1.82) is 0 Å². The maximum absolute atomic E-state index is 13.0. The number of halogens is 3. The van der Waals surface area contributed by atoms with Crippen LogP contribution in [0.1, 0.15) is 15.9 Å². The molecule has 0 saturated heterocycles. The normalized spacial score (nSPS) is 11.6. The Morgan fingerprint density at radius 1 is 0.871 bits per heavy atom. The molecule has 0 unspecified atom stereocenters. The highest BCUT2D eigenvalue weighted by molar-refractivity contribution is 7.92. The van der Waals surface area contributed by atoms with E-state index in [1.807, 2.05) is 0 Å². The summed E-state index contributed by atoms with van der Waals surface area (Å²) in [5, 5.41) is 0. The van der Waals surface area contributed by atoms with Crippen molar-refractivity contribution < 1.29 is 26.4 Å². The molecule has 0 aliphatic carbocycles. The van der Waals surface area contributed by atoms with Crippen LogP contribution in [0.25, 0.3) is 0 Å². The predicted molar refractivity (Wildman–Crippen MR) is 111 cm³/mol. The second-order valence-corrected chi connectivity index (χ2v) is 8.42. The zero-order chi connectivity index (χ0) is 22.6. The van der Waals surface area contributed by atoms with Crippen LogP contribution in [0.5, 0.6) is 0 Å². The van der Waals surface area contributed by atoms with E-state index in [0.717, 1.165) is 10.4 Å². The number of rotatable bonds is 6. The third-order valence-corrected chi connectivity index (χ3v) is 6.24. The Morgan fingerprint density at radius 2 is 1.45 bits per heavy atom. The summed E-state index contributed by atoms with van der Waals surface area (Å²) >= 11 is 0. The third kappa shape index (κ3) is 4.97. The van der Waals surface area contributed by atoms with E-state index in [9.17, 15) is 26.4 Å². The molecular formula is C21H18F3N3O3S. The molecule has 0 aliphatic heterocycles. The lowest BCUT2D eigenvalue weighted by Crippen LogP contribution is -2.30. The van der Waals surface area contributed by atoms with Crippen LogP contribution in [0.15, 0.2) is 83.8 Å². The number of carbonyl (C=O) groups is 1. The SMILES string of the molecule is CN(c1ccccc1)S(=O)(=O)c1ccc(C(=O)NNc2ccccc2C(F)(F)F)cc1.